The van der Waals surface area contributed by atoms with Crippen LogP contribution in [0.25, 0.3) is 0 Å². The Morgan fingerprint density at radius 1 is 1.40 bits per heavy atom. The Kier molecular flexibility index (Phi) is 2.73. The normalized spacial score (nSPS) is 40.1. The fraction of sp³-hybridized carbons (Fsp3) is 0.667. The molecular formula is C6H10O3S. The number of aliphatic hydroxyl groups is 3. The Bertz CT molecular complexity index is 137. The summed E-state index contributed by atoms with van der Waals surface area (Å²) in [5, 5.41) is 28.2. The highest BCUT2D eigenvalue weighted by molar-refractivity contribution is 8.02. The van der Waals surface area contributed by atoms with E-state index in [4.69, 9.17) is 15.3 Å². The lowest BCUT2D eigenvalue weighted by Crippen LogP contribution is -2.38. The van der Waals surface area contributed by atoms with Gasteiger partial charge in [0.25, 0.3) is 0 Å². The van der Waals surface area contributed by atoms with Gasteiger partial charge >= 0.3 is 0 Å². The number of aliphatic hydroxyl groups excluding tert-OH is 3. The molecule has 0 aromatic heterocycles. The summed E-state index contributed by atoms with van der Waals surface area (Å²) in [6, 6.07) is 0. The van der Waals surface area contributed by atoms with E-state index in [9.17, 15) is 0 Å². The summed E-state index contributed by atoms with van der Waals surface area (Å²) in [5.74, 6) is 0. The average molecular weight is 162 g/mol. The molecule has 0 aromatic carbocycles. The van der Waals surface area contributed by atoms with Gasteiger partial charge in [0.05, 0.1) is 24.1 Å². The standard InChI is InChI=1S/C6H10O3S/c7-3-5-6(9)4(8)1-2-10-5/h1-2,4-9H,3H2/t4-,5-,6+/m1/s1. The van der Waals surface area contributed by atoms with Gasteiger partial charge < -0.3 is 15.3 Å². The van der Waals surface area contributed by atoms with Gasteiger partial charge in [0.15, 0.2) is 0 Å². The van der Waals surface area contributed by atoms with Gasteiger partial charge in [0.1, 0.15) is 0 Å². The van der Waals surface area contributed by atoms with E-state index in [-0.39, 0.29) is 11.9 Å². The van der Waals surface area contributed by atoms with Crippen LogP contribution in [-0.4, -0.2) is 39.4 Å². The third-order valence-corrected chi connectivity index (χ3v) is 2.53. The second-order valence-corrected chi connectivity index (χ2v) is 3.32. The molecule has 0 bridgehead atoms. The van der Waals surface area contributed by atoms with Gasteiger partial charge in [0.2, 0.25) is 0 Å². The van der Waals surface area contributed by atoms with Crippen LogP contribution in [0, 0.1) is 0 Å². The van der Waals surface area contributed by atoms with Crippen molar-refractivity contribution in [3.63, 3.8) is 0 Å². The average Bonchev–Trinajstić information content (AvgIpc) is 1.95. The molecular weight excluding hydrogens is 152 g/mol. The summed E-state index contributed by atoms with van der Waals surface area (Å²) in [4.78, 5) is 0. The van der Waals surface area contributed by atoms with Gasteiger partial charge in [0, 0.05) is 0 Å². The summed E-state index contributed by atoms with van der Waals surface area (Å²) in [5.41, 5.74) is 0. The monoisotopic (exact) mass is 162 g/mol. The molecule has 0 radical (unpaired) electrons. The molecule has 0 unspecified atom stereocenters. The molecule has 1 heterocycles. The van der Waals surface area contributed by atoms with E-state index < -0.39 is 12.2 Å². The maximum absolute atomic E-state index is 9.16. The molecule has 0 fully saturated rings. The molecule has 1 rings (SSSR count). The van der Waals surface area contributed by atoms with E-state index in [1.54, 1.807) is 5.41 Å². The third-order valence-electron chi connectivity index (χ3n) is 1.44. The number of thioether (sulfide) groups is 1. The molecule has 1 aliphatic heterocycles. The van der Waals surface area contributed by atoms with Crippen LogP contribution in [0.4, 0.5) is 0 Å². The first-order chi connectivity index (χ1) is 4.75. The first-order valence-corrected chi connectivity index (χ1v) is 3.99. The van der Waals surface area contributed by atoms with Crippen molar-refractivity contribution in [2.45, 2.75) is 17.5 Å². The van der Waals surface area contributed by atoms with Gasteiger partial charge in [-0.25, -0.2) is 0 Å². The van der Waals surface area contributed by atoms with Crippen molar-refractivity contribution >= 4 is 11.8 Å². The molecule has 4 heteroatoms. The van der Waals surface area contributed by atoms with Crippen LogP contribution < -0.4 is 0 Å². The highest BCUT2D eigenvalue weighted by atomic mass is 32.2. The zero-order chi connectivity index (χ0) is 7.56. The molecule has 0 aromatic rings. The molecule has 0 aliphatic carbocycles. The Balaban J connectivity index is 2.56. The fourth-order valence-electron chi connectivity index (χ4n) is 0.792. The molecule has 0 saturated heterocycles. The first-order valence-electron chi connectivity index (χ1n) is 3.05. The first kappa shape index (κ1) is 8.07. The summed E-state index contributed by atoms with van der Waals surface area (Å²) in [7, 11) is 0. The topological polar surface area (TPSA) is 60.7 Å². The third kappa shape index (κ3) is 1.52. The van der Waals surface area contributed by atoms with Crippen molar-refractivity contribution in [3.05, 3.63) is 11.5 Å². The smallest absolute Gasteiger partial charge is 0.0999 e. The molecule has 3 atom stereocenters. The summed E-state index contributed by atoms with van der Waals surface area (Å²) in [6.07, 6.45) is -0.139. The Labute approximate surface area is 63.4 Å². The van der Waals surface area contributed by atoms with Crippen molar-refractivity contribution < 1.29 is 15.3 Å². The van der Waals surface area contributed by atoms with Crippen LogP contribution in [0.3, 0.4) is 0 Å². The maximum Gasteiger partial charge on any atom is 0.0999 e. The van der Waals surface area contributed by atoms with Crippen molar-refractivity contribution in [3.8, 4) is 0 Å². The van der Waals surface area contributed by atoms with E-state index in [2.05, 4.69) is 0 Å². The highest BCUT2D eigenvalue weighted by Crippen LogP contribution is 2.23. The predicted molar refractivity (Wildman–Crippen MR) is 39.6 cm³/mol. The molecule has 0 spiro atoms. The largest absolute Gasteiger partial charge is 0.395 e. The molecule has 3 nitrogen and oxygen atoms in total. The fourth-order valence-corrected chi connectivity index (χ4v) is 1.65. The summed E-state index contributed by atoms with van der Waals surface area (Å²) < 4.78 is 0. The zero-order valence-electron chi connectivity index (χ0n) is 5.34. The molecule has 0 amide bonds. The second-order valence-electron chi connectivity index (χ2n) is 2.17. The van der Waals surface area contributed by atoms with Crippen LogP contribution >= 0.6 is 11.8 Å². The lowest BCUT2D eigenvalue weighted by atomic mass is 10.1. The van der Waals surface area contributed by atoms with Gasteiger partial charge in [-0.3, -0.25) is 0 Å². The van der Waals surface area contributed by atoms with Crippen LogP contribution in [-0.2, 0) is 0 Å². The lowest BCUT2D eigenvalue weighted by Gasteiger charge is -2.25. The van der Waals surface area contributed by atoms with Gasteiger partial charge in [-0.15, -0.1) is 11.8 Å². The predicted octanol–water partition coefficient (Wildman–Crippen LogP) is -0.670. The lowest BCUT2D eigenvalue weighted by molar-refractivity contribution is 0.0354. The van der Waals surface area contributed by atoms with Gasteiger partial charge in [-0.1, -0.05) is 0 Å². The van der Waals surface area contributed by atoms with Crippen LogP contribution in [0.5, 0.6) is 0 Å². The van der Waals surface area contributed by atoms with Crippen molar-refractivity contribution in [2.24, 2.45) is 0 Å². The SMILES string of the molecule is OC[C@H]1SC=C[C@@H](O)[C@@H]1O. The zero-order valence-corrected chi connectivity index (χ0v) is 6.16. The minimum Gasteiger partial charge on any atom is -0.395 e. The maximum atomic E-state index is 9.16. The summed E-state index contributed by atoms with van der Waals surface area (Å²) in [6.45, 7) is -0.104. The van der Waals surface area contributed by atoms with Crippen molar-refractivity contribution in [2.75, 3.05) is 6.61 Å². The molecule has 58 valence electrons. The van der Waals surface area contributed by atoms with Crippen molar-refractivity contribution in [1.29, 1.82) is 0 Å². The number of hydrogen-bond donors (Lipinski definition) is 3. The van der Waals surface area contributed by atoms with Crippen LogP contribution in [0.2, 0.25) is 0 Å². The second kappa shape index (κ2) is 3.39. The summed E-state index contributed by atoms with van der Waals surface area (Å²) >= 11 is 1.33. The quantitative estimate of drug-likeness (QED) is 0.478. The Morgan fingerprint density at radius 3 is 2.60 bits per heavy atom. The van der Waals surface area contributed by atoms with E-state index >= 15 is 0 Å². The minimum atomic E-state index is -0.833. The van der Waals surface area contributed by atoms with E-state index in [1.165, 1.54) is 17.8 Å². The molecule has 10 heavy (non-hydrogen) atoms. The van der Waals surface area contributed by atoms with E-state index in [0.717, 1.165) is 0 Å². The Morgan fingerprint density at radius 2 is 2.10 bits per heavy atom. The van der Waals surface area contributed by atoms with Crippen LogP contribution in [0.1, 0.15) is 0 Å². The minimum absolute atomic E-state index is 0.104. The highest BCUT2D eigenvalue weighted by Gasteiger charge is 2.26. The van der Waals surface area contributed by atoms with E-state index in [1.807, 2.05) is 0 Å². The van der Waals surface area contributed by atoms with Gasteiger partial charge in [-0.05, 0) is 11.5 Å². The molecule has 0 saturated carbocycles. The number of hydrogen-bond acceptors (Lipinski definition) is 4. The van der Waals surface area contributed by atoms with E-state index in [0.29, 0.717) is 0 Å². The molecule has 1 aliphatic rings. The van der Waals surface area contributed by atoms with Gasteiger partial charge in [-0.2, -0.15) is 0 Å². The van der Waals surface area contributed by atoms with Crippen LogP contribution in [0.15, 0.2) is 11.5 Å². The Hall–Kier alpha value is -0.0300. The number of rotatable bonds is 1. The molecule has 3 N–H and O–H groups in total. The van der Waals surface area contributed by atoms with Crippen molar-refractivity contribution in [1.82, 2.24) is 0 Å².